The van der Waals surface area contributed by atoms with Crippen molar-refractivity contribution in [3.8, 4) is 5.75 Å². The zero-order valence-corrected chi connectivity index (χ0v) is 11.4. The molecule has 1 heterocycles. The number of carbonyl (C=O) groups excluding carboxylic acids is 1. The van der Waals surface area contributed by atoms with E-state index >= 15 is 0 Å². The number of rotatable bonds is 3. The first kappa shape index (κ1) is 14.2. The maximum atomic E-state index is 12.1. The molecular formula is C14H18ClNO3. The lowest BCUT2D eigenvalue weighted by atomic mass is 9.97. The molecular weight excluding hydrogens is 266 g/mol. The summed E-state index contributed by atoms with van der Waals surface area (Å²) >= 11 is 5.99. The van der Waals surface area contributed by atoms with Gasteiger partial charge >= 0.3 is 0 Å². The lowest BCUT2D eigenvalue weighted by Gasteiger charge is -2.31. The largest absolute Gasteiger partial charge is 0.508 e. The van der Waals surface area contributed by atoms with Gasteiger partial charge in [-0.25, -0.2) is 0 Å². The molecule has 0 saturated carbocycles. The second-order valence-corrected chi connectivity index (χ2v) is 5.37. The molecule has 5 heteroatoms. The van der Waals surface area contributed by atoms with E-state index in [0.29, 0.717) is 24.0 Å². The molecule has 1 aliphatic rings. The summed E-state index contributed by atoms with van der Waals surface area (Å²) in [5.41, 5.74) is 0.730. The van der Waals surface area contributed by atoms with Crippen LogP contribution in [0.25, 0.3) is 0 Å². The zero-order chi connectivity index (χ0) is 13.8. The Hall–Kier alpha value is -1.26. The lowest BCUT2D eigenvalue weighted by Crippen LogP contribution is -2.40. The van der Waals surface area contributed by atoms with Crippen LogP contribution in [0.3, 0.4) is 0 Å². The molecule has 1 aromatic carbocycles. The number of phenols is 1. The van der Waals surface area contributed by atoms with Crippen LogP contribution in [-0.4, -0.2) is 40.7 Å². The van der Waals surface area contributed by atoms with E-state index in [9.17, 15) is 9.90 Å². The predicted octanol–water partition coefficient (Wildman–Crippen LogP) is 1.82. The first-order chi connectivity index (χ1) is 9.10. The number of phenolic OH excluding ortho intramolecular Hbond substituents is 1. The van der Waals surface area contributed by atoms with Crippen LogP contribution in [0.4, 0.5) is 0 Å². The Morgan fingerprint density at radius 3 is 2.63 bits per heavy atom. The van der Waals surface area contributed by atoms with Gasteiger partial charge in [-0.2, -0.15) is 0 Å². The van der Waals surface area contributed by atoms with E-state index in [4.69, 9.17) is 16.7 Å². The molecule has 1 saturated heterocycles. The van der Waals surface area contributed by atoms with E-state index in [1.54, 1.807) is 6.07 Å². The van der Waals surface area contributed by atoms with Gasteiger partial charge in [-0.3, -0.25) is 4.79 Å². The van der Waals surface area contributed by atoms with Gasteiger partial charge in [0, 0.05) is 24.7 Å². The molecule has 0 aromatic heterocycles. The molecule has 0 unspecified atom stereocenters. The van der Waals surface area contributed by atoms with Gasteiger partial charge in [-0.05, 0) is 36.5 Å². The summed E-state index contributed by atoms with van der Waals surface area (Å²) in [7, 11) is 0. The second kappa shape index (κ2) is 6.26. The number of benzene rings is 1. The summed E-state index contributed by atoms with van der Waals surface area (Å²) < 4.78 is 0. The fraction of sp³-hybridized carbons (Fsp3) is 0.500. The summed E-state index contributed by atoms with van der Waals surface area (Å²) in [5, 5.41) is 18.8. The summed E-state index contributed by atoms with van der Waals surface area (Å²) in [6, 6.07) is 4.66. The number of likely N-dealkylation sites (tertiary alicyclic amines) is 1. The first-order valence-corrected chi connectivity index (χ1v) is 6.84. The second-order valence-electron chi connectivity index (χ2n) is 4.96. The van der Waals surface area contributed by atoms with E-state index in [1.165, 1.54) is 12.1 Å². The molecule has 1 aliphatic heterocycles. The number of hydrogen-bond acceptors (Lipinski definition) is 3. The zero-order valence-electron chi connectivity index (χ0n) is 10.7. The third-order valence-corrected chi connectivity index (χ3v) is 3.96. The Kier molecular flexibility index (Phi) is 4.66. The Bertz CT molecular complexity index is 456. The number of carbonyl (C=O) groups is 1. The molecule has 2 rings (SSSR count). The maximum Gasteiger partial charge on any atom is 0.227 e. The van der Waals surface area contributed by atoms with Crippen LogP contribution in [0.2, 0.25) is 5.02 Å². The molecule has 0 aliphatic carbocycles. The van der Waals surface area contributed by atoms with Crippen molar-refractivity contribution in [1.82, 2.24) is 4.90 Å². The minimum atomic E-state index is 0.0454. The van der Waals surface area contributed by atoms with E-state index in [2.05, 4.69) is 0 Å². The van der Waals surface area contributed by atoms with Crippen LogP contribution in [0.15, 0.2) is 18.2 Å². The average Bonchev–Trinajstić information content (AvgIpc) is 2.42. The Labute approximate surface area is 117 Å². The third-order valence-electron chi connectivity index (χ3n) is 3.60. The van der Waals surface area contributed by atoms with Crippen molar-refractivity contribution in [2.24, 2.45) is 5.92 Å². The highest BCUT2D eigenvalue weighted by atomic mass is 35.5. The molecule has 1 fully saturated rings. The van der Waals surface area contributed by atoms with Crippen LogP contribution in [0.1, 0.15) is 18.4 Å². The number of amides is 1. The van der Waals surface area contributed by atoms with Crippen molar-refractivity contribution >= 4 is 17.5 Å². The molecule has 4 nitrogen and oxygen atoms in total. The molecule has 1 aromatic rings. The van der Waals surface area contributed by atoms with E-state index < -0.39 is 0 Å². The van der Waals surface area contributed by atoms with Gasteiger partial charge in [0.1, 0.15) is 5.75 Å². The van der Waals surface area contributed by atoms with Gasteiger partial charge in [0.2, 0.25) is 5.91 Å². The van der Waals surface area contributed by atoms with Crippen LogP contribution < -0.4 is 0 Å². The quantitative estimate of drug-likeness (QED) is 0.889. The van der Waals surface area contributed by atoms with E-state index in [1.807, 2.05) is 4.90 Å². The summed E-state index contributed by atoms with van der Waals surface area (Å²) in [5.74, 6) is 0.468. The maximum absolute atomic E-state index is 12.1. The molecule has 2 N–H and O–H groups in total. The SMILES string of the molecule is O=C(Cc1ccc(O)cc1Cl)N1CCC(CO)CC1. The molecule has 104 valence electrons. The smallest absolute Gasteiger partial charge is 0.227 e. The first-order valence-electron chi connectivity index (χ1n) is 6.46. The molecule has 0 spiro atoms. The molecule has 19 heavy (non-hydrogen) atoms. The number of hydrogen-bond donors (Lipinski definition) is 2. The fourth-order valence-corrected chi connectivity index (χ4v) is 2.56. The number of aliphatic hydroxyl groups is 1. The lowest BCUT2D eigenvalue weighted by molar-refractivity contribution is -0.132. The highest BCUT2D eigenvalue weighted by Crippen LogP contribution is 2.23. The molecule has 0 bridgehead atoms. The molecule has 1 amide bonds. The minimum absolute atomic E-state index is 0.0454. The summed E-state index contributed by atoms with van der Waals surface area (Å²) in [6.45, 7) is 1.59. The predicted molar refractivity (Wildman–Crippen MR) is 73.2 cm³/mol. The fourth-order valence-electron chi connectivity index (χ4n) is 2.32. The highest BCUT2D eigenvalue weighted by molar-refractivity contribution is 6.31. The number of aliphatic hydroxyl groups excluding tert-OH is 1. The Morgan fingerprint density at radius 2 is 2.05 bits per heavy atom. The number of nitrogens with zero attached hydrogens (tertiary/aromatic N) is 1. The van der Waals surface area contributed by atoms with Crippen LogP contribution in [-0.2, 0) is 11.2 Å². The van der Waals surface area contributed by atoms with Crippen molar-refractivity contribution in [3.63, 3.8) is 0 Å². The number of halogens is 1. The highest BCUT2D eigenvalue weighted by Gasteiger charge is 2.22. The number of piperidine rings is 1. The minimum Gasteiger partial charge on any atom is -0.508 e. The van der Waals surface area contributed by atoms with Crippen molar-refractivity contribution in [2.45, 2.75) is 19.3 Å². The molecule has 0 radical (unpaired) electrons. The van der Waals surface area contributed by atoms with Gasteiger partial charge < -0.3 is 15.1 Å². The Morgan fingerprint density at radius 1 is 1.37 bits per heavy atom. The van der Waals surface area contributed by atoms with Gasteiger partial charge in [0.05, 0.1) is 6.42 Å². The third kappa shape index (κ3) is 3.61. The van der Waals surface area contributed by atoms with Gasteiger partial charge in [0.15, 0.2) is 0 Å². The van der Waals surface area contributed by atoms with Crippen LogP contribution >= 0.6 is 11.6 Å². The van der Waals surface area contributed by atoms with Crippen LogP contribution in [0, 0.1) is 5.92 Å². The Balaban J connectivity index is 1.94. The van der Waals surface area contributed by atoms with Gasteiger partial charge in [-0.15, -0.1) is 0 Å². The van der Waals surface area contributed by atoms with Crippen molar-refractivity contribution in [2.75, 3.05) is 19.7 Å². The van der Waals surface area contributed by atoms with Gasteiger partial charge in [0.25, 0.3) is 0 Å². The van der Waals surface area contributed by atoms with Crippen molar-refractivity contribution < 1.29 is 15.0 Å². The van der Waals surface area contributed by atoms with Crippen molar-refractivity contribution in [3.05, 3.63) is 28.8 Å². The normalized spacial score (nSPS) is 16.6. The summed E-state index contributed by atoms with van der Waals surface area (Å²) in [4.78, 5) is 14.0. The van der Waals surface area contributed by atoms with Crippen LogP contribution in [0.5, 0.6) is 5.75 Å². The van der Waals surface area contributed by atoms with Gasteiger partial charge in [-0.1, -0.05) is 17.7 Å². The van der Waals surface area contributed by atoms with Crippen molar-refractivity contribution in [1.29, 1.82) is 0 Å². The monoisotopic (exact) mass is 283 g/mol. The molecule has 0 atom stereocenters. The van der Waals surface area contributed by atoms with E-state index in [-0.39, 0.29) is 24.7 Å². The topological polar surface area (TPSA) is 60.8 Å². The number of aromatic hydroxyl groups is 1. The van der Waals surface area contributed by atoms with E-state index in [0.717, 1.165) is 18.4 Å². The average molecular weight is 284 g/mol. The standard InChI is InChI=1S/C14H18ClNO3/c15-13-8-12(18)2-1-11(13)7-14(19)16-5-3-10(9-17)4-6-16/h1-2,8,10,17-18H,3-7,9H2. The summed E-state index contributed by atoms with van der Waals surface area (Å²) in [6.07, 6.45) is 1.96.